The molecule has 0 saturated heterocycles. The Kier molecular flexibility index (Phi) is 9.68. The first-order chi connectivity index (χ1) is 21.7. The van der Waals surface area contributed by atoms with Crippen molar-refractivity contribution in [2.45, 2.75) is 11.0 Å². The monoisotopic (exact) mass is 700 g/mol. The van der Waals surface area contributed by atoms with Gasteiger partial charge < -0.3 is 13.8 Å². The molecule has 0 saturated carbocycles. The summed E-state index contributed by atoms with van der Waals surface area (Å²) in [7, 11) is -7.96. The highest BCUT2D eigenvalue weighted by atomic mass is 32.2. The van der Waals surface area contributed by atoms with Crippen molar-refractivity contribution in [3.63, 3.8) is 0 Å². The van der Waals surface area contributed by atoms with Crippen LogP contribution in [-0.4, -0.2) is 37.0 Å². The Morgan fingerprint density at radius 1 is 0.532 bits per heavy atom. The average Bonchev–Trinajstić information content (AvgIpc) is 2.97. The molecule has 0 atom stereocenters. The van der Waals surface area contributed by atoms with Gasteiger partial charge in [-0.05, 0) is 36.4 Å². The topological polar surface area (TPSA) is 131 Å². The van der Waals surface area contributed by atoms with Gasteiger partial charge in [0.15, 0.2) is 20.2 Å². The molecule has 248 valence electrons. The molecule has 9 nitrogen and oxygen atoms in total. The number of alkyl halides is 6. The van der Waals surface area contributed by atoms with Gasteiger partial charge in [-0.3, -0.25) is 0 Å². The maximum absolute atomic E-state index is 10.7. The van der Waals surface area contributed by atoms with E-state index < -0.39 is 31.3 Å². The fourth-order valence-corrected chi connectivity index (χ4v) is 4.64. The Labute approximate surface area is 263 Å². The molecule has 0 amide bonds. The Balaban J connectivity index is 0.000000261. The Morgan fingerprint density at radius 2 is 0.830 bits per heavy atom. The second kappa shape index (κ2) is 12.9. The van der Waals surface area contributed by atoms with Gasteiger partial charge in [-0.1, -0.05) is 36.4 Å². The molecule has 0 bridgehead atoms. The van der Waals surface area contributed by atoms with E-state index in [0.29, 0.717) is 0 Å². The molecule has 0 spiro atoms. The van der Waals surface area contributed by atoms with Crippen LogP contribution in [0, 0.1) is 0 Å². The smallest absolute Gasteiger partial charge is 0.485 e. The van der Waals surface area contributed by atoms with Gasteiger partial charge >= 0.3 is 11.0 Å². The van der Waals surface area contributed by atoms with Gasteiger partial charge in [0.1, 0.15) is 25.6 Å². The second-order valence-corrected chi connectivity index (χ2v) is 12.5. The summed E-state index contributed by atoms with van der Waals surface area (Å²) >= 11 is 0. The molecule has 17 heteroatoms. The summed E-state index contributed by atoms with van der Waals surface area (Å²) in [5, 5.41) is 4.60. The van der Waals surface area contributed by atoms with Crippen LogP contribution in [0.15, 0.2) is 97.1 Å². The Bertz CT molecular complexity index is 2180. The number of pyridine rings is 2. The number of hydrogen-bond donors (Lipinski definition) is 0. The maximum atomic E-state index is 10.7. The number of halogens is 6. The quantitative estimate of drug-likeness (QED) is 0.0729. The van der Waals surface area contributed by atoms with Crippen molar-refractivity contribution in [3.8, 4) is 11.5 Å². The lowest BCUT2D eigenvalue weighted by atomic mass is 10.1. The molecule has 0 fully saturated rings. The van der Waals surface area contributed by atoms with Crippen LogP contribution in [0.1, 0.15) is 0 Å². The lowest BCUT2D eigenvalue weighted by Gasteiger charge is -2.11. The van der Waals surface area contributed by atoms with E-state index in [1.807, 2.05) is 0 Å². The van der Waals surface area contributed by atoms with Crippen LogP contribution in [0.2, 0.25) is 0 Å². The van der Waals surface area contributed by atoms with Crippen molar-refractivity contribution in [1.29, 1.82) is 0 Å². The number of para-hydroxylation sites is 2. The lowest BCUT2D eigenvalue weighted by Crippen LogP contribution is -2.30. The van der Waals surface area contributed by atoms with E-state index >= 15 is 0 Å². The summed E-state index contributed by atoms with van der Waals surface area (Å²) in [5.74, 6) is 1.73. The molecular formula is C30H22F6N2O7S2. The lowest BCUT2D eigenvalue weighted by molar-refractivity contribution is -0.617. The van der Waals surface area contributed by atoms with Gasteiger partial charge in [0, 0.05) is 35.0 Å². The molecule has 4 aromatic carbocycles. The first kappa shape index (κ1) is 35.3. The van der Waals surface area contributed by atoms with Gasteiger partial charge in [-0.2, -0.15) is 35.5 Å². The predicted octanol–water partition coefficient (Wildman–Crippen LogP) is 5.84. The Morgan fingerprint density at radius 3 is 1.15 bits per heavy atom. The third kappa shape index (κ3) is 7.70. The molecule has 0 aliphatic rings. The SMILES string of the molecule is C[n+]1c2ccccc2cc2c(Oc3cccc4c3cc3ccccc3[n+]4C)cccc21.O=S(=O)([O-])C(F)(F)F.O=S(=O)([O-])C(F)(F)F. The zero-order chi connectivity index (χ0) is 34.9. The zero-order valence-electron chi connectivity index (χ0n) is 24.1. The number of ether oxygens (including phenoxy) is 1. The van der Waals surface area contributed by atoms with Crippen molar-refractivity contribution in [2.75, 3.05) is 0 Å². The number of fused-ring (bicyclic) bond motifs is 4. The fourth-order valence-electron chi connectivity index (χ4n) is 4.64. The minimum Gasteiger partial charge on any atom is -0.741 e. The third-order valence-electron chi connectivity index (χ3n) is 6.79. The summed E-state index contributed by atoms with van der Waals surface area (Å²) in [6, 6.07) is 33.9. The highest BCUT2D eigenvalue weighted by molar-refractivity contribution is 7.86. The largest absolute Gasteiger partial charge is 0.741 e. The van der Waals surface area contributed by atoms with E-state index in [1.165, 1.54) is 21.8 Å². The zero-order valence-corrected chi connectivity index (χ0v) is 25.7. The van der Waals surface area contributed by atoms with Crippen LogP contribution < -0.4 is 13.9 Å². The standard InChI is InChI=1S/C28H22N2O.2CHF3O3S/c1-29-23-11-5-3-9-19(23)17-21-25(29)13-7-15-27(21)31-28-16-8-14-26-22(28)18-20-10-4-6-12-24(20)30(26)2;2*2-1(3,4)8(5,6)7/h3-18H,1-2H3;2*(H,5,6,7)/q+2;;/p-2. The third-order valence-corrected chi connectivity index (χ3v) is 7.93. The summed E-state index contributed by atoms with van der Waals surface area (Å²) in [5.41, 5.74) is -6.59. The number of hydrogen-bond acceptors (Lipinski definition) is 7. The number of rotatable bonds is 2. The highest BCUT2D eigenvalue weighted by Gasteiger charge is 2.37. The molecule has 2 heterocycles. The van der Waals surface area contributed by atoms with E-state index in [2.05, 4.69) is 120 Å². The van der Waals surface area contributed by atoms with Crippen molar-refractivity contribution in [3.05, 3.63) is 97.1 Å². The number of aryl methyl sites for hydroxylation is 2. The first-order valence-electron chi connectivity index (χ1n) is 13.0. The summed E-state index contributed by atoms with van der Waals surface area (Å²) in [6.07, 6.45) is 0. The summed E-state index contributed by atoms with van der Waals surface area (Å²) in [6.45, 7) is 0. The molecule has 47 heavy (non-hydrogen) atoms. The normalized spacial score (nSPS) is 12.4. The Hall–Kier alpha value is -4.58. The van der Waals surface area contributed by atoms with Gasteiger partial charge in [0.2, 0.25) is 22.1 Å². The predicted molar refractivity (Wildman–Crippen MR) is 157 cm³/mol. The van der Waals surface area contributed by atoms with Gasteiger partial charge in [-0.15, -0.1) is 0 Å². The van der Waals surface area contributed by atoms with E-state index in [0.717, 1.165) is 33.3 Å². The van der Waals surface area contributed by atoms with E-state index in [1.54, 1.807) is 0 Å². The van der Waals surface area contributed by atoms with Crippen LogP contribution in [0.5, 0.6) is 11.5 Å². The molecule has 0 unspecified atom stereocenters. The van der Waals surface area contributed by atoms with E-state index in [4.69, 9.17) is 30.7 Å². The van der Waals surface area contributed by atoms with Crippen molar-refractivity contribution in [2.24, 2.45) is 14.1 Å². The van der Waals surface area contributed by atoms with Crippen LogP contribution in [0.25, 0.3) is 43.6 Å². The van der Waals surface area contributed by atoms with Crippen LogP contribution >= 0.6 is 0 Å². The minimum atomic E-state index is -6.09. The van der Waals surface area contributed by atoms with Gasteiger partial charge in [0.05, 0.1) is 10.8 Å². The van der Waals surface area contributed by atoms with Crippen LogP contribution in [0.4, 0.5) is 26.3 Å². The number of aromatic nitrogens is 2. The van der Waals surface area contributed by atoms with E-state index in [9.17, 15) is 26.3 Å². The van der Waals surface area contributed by atoms with Crippen molar-refractivity contribution < 1.29 is 66.2 Å². The second-order valence-electron chi connectivity index (χ2n) is 9.80. The molecule has 0 radical (unpaired) electrons. The molecule has 6 aromatic rings. The van der Waals surface area contributed by atoms with Crippen LogP contribution in [0.3, 0.4) is 0 Å². The molecular weight excluding hydrogens is 678 g/mol. The minimum absolute atomic E-state index is 0.863. The fraction of sp³-hybridized carbons (Fsp3) is 0.133. The maximum Gasteiger partial charge on any atom is 0.485 e. The van der Waals surface area contributed by atoms with Crippen molar-refractivity contribution >= 4 is 63.8 Å². The summed E-state index contributed by atoms with van der Waals surface area (Å²) < 4.78 is 129. The summed E-state index contributed by atoms with van der Waals surface area (Å²) in [4.78, 5) is 0. The highest BCUT2D eigenvalue weighted by Crippen LogP contribution is 2.34. The molecule has 0 N–H and O–H groups in total. The first-order valence-corrected chi connectivity index (χ1v) is 15.9. The van der Waals surface area contributed by atoms with Crippen LogP contribution in [-0.2, 0) is 34.3 Å². The van der Waals surface area contributed by atoms with Crippen molar-refractivity contribution in [1.82, 2.24) is 0 Å². The number of nitrogens with zero attached hydrogens (tertiary/aromatic N) is 2. The number of benzene rings is 4. The molecule has 0 aliphatic heterocycles. The van der Waals surface area contributed by atoms with Gasteiger partial charge in [-0.25, -0.2) is 16.8 Å². The average molecular weight is 701 g/mol. The van der Waals surface area contributed by atoms with E-state index in [-0.39, 0.29) is 0 Å². The molecule has 6 rings (SSSR count). The van der Waals surface area contributed by atoms with Gasteiger partial charge in [0.25, 0.3) is 0 Å². The molecule has 2 aromatic heterocycles. The molecule has 0 aliphatic carbocycles.